The molecule has 0 aromatic heterocycles. The van der Waals surface area contributed by atoms with Crippen molar-refractivity contribution in [3.05, 3.63) is 64.8 Å². The van der Waals surface area contributed by atoms with Crippen molar-refractivity contribution in [3.63, 3.8) is 0 Å². The van der Waals surface area contributed by atoms with Crippen LogP contribution in [0.2, 0.25) is 10.0 Å². The average molecular weight is 481 g/mol. The standard InChI is InChI=1S/C20H18Cl2N4O4S/c1-2-24-20(27)25-5-7-26(8-6-25)31(28,29)19-9-14(13-23)3-4-18(19)30-17-11-15(21)10-16(22)12-17/h2-4,9-12H,1,5-8H2,(H,24,27). The lowest BCUT2D eigenvalue weighted by Crippen LogP contribution is -2.52. The van der Waals surface area contributed by atoms with Gasteiger partial charge < -0.3 is 15.0 Å². The third-order valence-electron chi connectivity index (χ3n) is 4.51. The maximum Gasteiger partial charge on any atom is 0.321 e. The maximum absolute atomic E-state index is 13.4. The third-order valence-corrected chi connectivity index (χ3v) is 6.86. The number of hydrogen-bond acceptors (Lipinski definition) is 5. The van der Waals surface area contributed by atoms with Gasteiger partial charge in [0.25, 0.3) is 0 Å². The van der Waals surface area contributed by atoms with Crippen LogP contribution >= 0.6 is 23.2 Å². The van der Waals surface area contributed by atoms with Crippen LogP contribution in [0, 0.1) is 11.3 Å². The second kappa shape index (κ2) is 9.58. The van der Waals surface area contributed by atoms with E-state index in [0.717, 1.165) is 0 Å². The fourth-order valence-electron chi connectivity index (χ4n) is 3.03. The van der Waals surface area contributed by atoms with Crippen molar-refractivity contribution >= 4 is 39.3 Å². The van der Waals surface area contributed by atoms with Gasteiger partial charge in [0, 0.05) is 36.2 Å². The number of sulfonamides is 1. The summed E-state index contributed by atoms with van der Waals surface area (Å²) in [5, 5.41) is 12.4. The van der Waals surface area contributed by atoms with Crippen LogP contribution in [0.5, 0.6) is 11.5 Å². The van der Waals surface area contributed by atoms with Gasteiger partial charge in [-0.1, -0.05) is 29.8 Å². The minimum atomic E-state index is -4.01. The van der Waals surface area contributed by atoms with Crippen LogP contribution in [0.1, 0.15) is 5.56 Å². The van der Waals surface area contributed by atoms with Crippen molar-refractivity contribution in [2.45, 2.75) is 4.90 Å². The van der Waals surface area contributed by atoms with Crippen molar-refractivity contribution < 1.29 is 17.9 Å². The number of rotatable bonds is 5. The van der Waals surface area contributed by atoms with Crippen LogP contribution in [-0.2, 0) is 10.0 Å². The Balaban J connectivity index is 1.90. The molecule has 1 aliphatic rings. The summed E-state index contributed by atoms with van der Waals surface area (Å²) in [4.78, 5) is 13.2. The highest BCUT2D eigenvalue weighted by Gasteiger charge is 2.32. The Hall–Kier alpha value is -2.77. The van der Waals surface area contributed by atoms with E-state index in [1.54, 1.807) is 0 Å². The summed E-state index contributed by atoms with van der Waals surface area (Å²) < 4.78 is 33.7. The van der Waals surface area contributed by atoms with Gasteiger partial charge in [-0.05, 0) is 42.6 Å². The number of ether oxygens (including phenoxy) is 1. The molecule has 2 aromatic carbocycles. The molecule has 8 nitrogen and oxygen atoms in total. The minimum Gasteiger partial charge on any atom is -0.456 e. The van der Waals surface area contributed by atoms with Crippen molar-refractivity contribution in [2.75, 3.05) is 26.2 Å². The van der Waals surface area contributed by atoms with Gasteiger partial charge in [0.1, 0.15) is 16.4 Å². The summed E-state index contributed by atoms with van der Waals surface area (Å²) >= 11 is 12.0. The van der Waals surface area contributed by atoms with Gasteiger partial charge in [-0.15, -0.1) is 0 Å². The van der Waals surface area contributed by atoms with Crippen LogP contribution in [0.3, 0.4) is 0 Å². The molecule has 3 rings (SSSR count). The lowest BCUT2D eigenvalue weighted by Gasteiger charge is -2.33. The first-order valence-electron chi connectivity index (χ1n) is 9.09. The summed E-state index contributed by atoms with van der Waals surface area (Å²) in [6, 6.07) is 10.2. The van der Waals surface area contributed by atoms with E-state index in [1.165, 1.54) is 51.8 Å². The molecular formula is C20H18Cl2N4O4S. The molecule has 0 radical (unpaired) electrons. The topological polar surface area (TPSA) is 103 Å². The van der Waals surface area contributed by atoms with E-state index in [9.17, 15) is 18.5 Å². The maximum atomic E-state index is 13.4. The zero-order chi connectivity index (χ0) is 22.6. The van der Waals surface area contributed by atoms with E-state index >= 15 is 0 Å². The quantitative estimate of drug-likeness (QED) is 0.700. The van der Waals surface area contributed by atoms with E-state index in [4.69, 9.17) is 27.9 Å². The predicted octanol–water partition coefficient (Wildman–Crippen LogP) is 3.82. The molecule has 0 saturated carbocycles. The highest BCUT2D eigenvalue weighted by Crippen LogP contribution is 2.34. The number of nitrogens with zero attached hydrogens (tertiary/aromatic N) is 3. The van der Waals surface area contributed by atoms with Gasteiger partial charge in [-0.25, -0.2) is 13.2 Å². The summed E-state index contributed by atoms with van der Waals surface area (Å²) in [6.45, 7) is 4.03. The zero-order valence-electron chi connectivity index (χ0n) is 16.2. The highest BCUT2D eigenvalue weighted by atomic mass is 35.5. The molecule has 1 aliphatic heterocycles. The number of nitrogens with one attached hydrogen (secondary N) is 1. The number of carbonyl (C=O) groups is 1. The Labute approximate surface area is 190 Å². The number of halogens is 2. The summed E-state index contributed by atoms with van der Waals surface area (Å²) in [6.07, 6.45) is 1.27. The number of nitriles is 1. The second-order valence-corrected chi connectivity index (χ2v) is 9.30. The molecule has 0 bridgehead atoms. The van der Waals surface area contributed by atoms with Gasteiger partial charge in [0.2, 0.25) is 10.0 Å². The lowest BCUT2D eigenvalue weighted by atomic mass is 10.2. The first kappa shape index (κ1) is 22.9. The molecule has 11 heteroatoms. The summed E-state index contributed by atoms with van der Waals surface area (Å²) in [7, 11) is -4.01. The fourth-order valence-corrected chi connectivity index (χ4v) is 5.10. The van der Waals surface area contributed by atoms with Gasteiger partial charge in [-0.3, -0.25) is 0 Å². The molecule has 1 fully saturated rings. The van der Waals surface area contributed by atoms with E-state index in [1.807, 2.05) is 6.07 Å². The zero-order valence-corrected chi connectivity index (χ0v) is 18.5. The predicted molar refractivity (Wildman–Crippen MR) is 117 cm³/mol. The highest BCUT2D eigenvalue weighted by molar-refractivity contribution is 7.89. The molecule has 31 heavy (non-hydrogen) atoms. The Kier molecular flexibility index (Phi) is 7.08. The molecule has 2 amide bonds. The smallest absolute Gasteiger partial charge is 0.321 e. The minimum absolute atomic E-state index is 0.0316. The van der Waals surface area contributed by atoms with Gasteiger partial charge >= 0.3 is 6.03 Å². The molecular weight excluding hydrogens is 463 g/mol. The average Bonchev–Trinajstić information content (AvgIpc) is 2.73. The summed E-state index contributed by atoms with van der Waals surface area (Å²) in [5.41, 5.74) is 0.166. The van der Waals surface area contributed by atoms with Crippen molar-refractivity contribution in [3.8, 4) is 17.6 Å². The van der Waals surface area contributed by atoms with Gasteiger partial charge in [-0.2, -0.15) is 9.57 Å². The molecule has 0 atom stereocenters. The number of piperazine rings is 1. The SMILES string of the molecule is C=CNC(=O)N1CCN(S(=O)(=O)c2cc(C#N)ccc2Oc2cc(Cl)cc(Cl)c2)CC1. The molecule has 0 aliphatic carbocycles. The fraction of sp³-hybridized carbons (Fsp3) is 0.200. The number of carbonyl (C=O) groups excluding carboxylic acids is 1. The number of benzene rings is 2. The number of hydrogen-bond donors (Lipinski definition) is 1. The molecule has 1 N–H and O–H groups in total. The van der Waals surface area contributed by atoms with Crippen LogP contribution in [0.4, 0.5) is 4.79 Å². The molecule has 0 spiro atoms. The van der Waals surface area contributed by atoms with Crippen LogP contribution in [0.25, 0.3) is 0 Å². The number of urea groups is 1. The van der Waals surface area contributed by atoms with Crippen LogP contribution < -0.4 is 10.1 Å². The largest absolute Gasteiger partial charge is 0.456 e. The van der Waals surface area contributed by atoms with Crippen LogP contribution in [-0.4, -0.2) is 49.8 Å². The van der Waals surface area contributed by atoms with Gasteiger partial charge in [0.15, 0.2) is 0 Å². The monoisotopic (exact) mass is 480 g/mol. The molecule has 1 heterocycles. The van der Waals surface area contributed by atoms with E-state index in [2.05, 4.69) is 11.9 Å². The lowest BCUT2D eigenvalue weighted by molar-refractivity contribution is 0.175. The summed E-state index contributed by atoms with van der Waals surface area (Å²) in [5.74, 6) is 0.286. The third kappa shape index (κ3) is 5.29. The Morgan fingerprint density at radius 1 is 1.13 bits per heavy atom. The molecule has 162 valence electrons. The van der Waals surface area contributed by atoms with Crippen LogP contribution in [0.15, 0.2) is 54.1 Å². The van der Waals surface area contributed by atoms with Crippen molar-refractivity contribution in [2.24, 2.45) is 0 Å². The first-order chi connectivity index (χ1) is 14.7. The second-order valence-electron chi connectivity index (χ2n) is 6.53. The first-order valence-corrected chi connectivity index (χ1v) is 11.3. The van der Waals surface area contributed by atoms with E-state index in [-0.39, 0.29) is 54.2 Å². The Morgan fingerprint density at radius 2 is 1.77 bits per heavy atom. The normalized spacial score (nSPS) is 14.5. The molecule has 1 saturated heterocycles. The van der Waals surface area contributed by atoms with Crippen molar-refractivity contribution in [1.29, 1.82) is 5.26 Å². The Morgan fingerprint density at radius 3 is 2.35 bits per heavy atom. The molecule has 2 aromatic rings. The van der Waals surface area contributed by atoms with Crippen molar-refractivity contribution in [1.82, 2.24) is 14.5 Å². The van der Waals surface area contributed by atoms with Gasteiger partial charge in [0.05, 0.1) is 11.6 Å². The van der Waals surface area contributed by atoms with E-state index in [0.29, 0.717) is 10.0 Å². The van der Waals surface area contributed by atoms with E-state index < -0.39 is 10.0 Å². The molecule has 0 unspecified atom stereocenters. The Bertz CT molecular complexity index is 1140. The number of amides is 2.